The smallest absolute Gasteiger partial charge is 0.364 e. The molecule has 0 bridgehead atoms. The van der Waals surface area contributed by atoms with E-state index < -0.39 is 21.8 Å². The summed E-state index contributed by atoms with van der Waals surface area (Å²) in [5.41, 5.74) is 1.57. The van der Waals surface area contributed by atoms with Crippen LogP contribution in [0.25, 0.3) is 11.3 Å². The van der Waals surface area contributed by atoms with E-state index in [-0.39, 0.29) is 11.7 Å². The third kappa shape index (κ3) is 5.57. The molecule has 2 aliphatic rings. The molecule has 7 nitrogen and oxygen atoms in total. The molecule has 11 heteroatoms. The van der Waals surface area contributed by atoms with E-state index in [4.69, 9.17) is 0 Å². The minimum absolute atomic E-state index is 0.149. The Balaban J connectivity index is 1.77. The molecule has 0 spiro atoms. The fourth-order valence-corrected chi connectivity index (χ4v) is 5.24. The maximum atomic E-state index is 13.3. The first kappa shape index (κ1) is 23.7. The number of likely N-dealkylation sites (tertiary alicyclic amines) is 1. The standard InChI is InChI=1S/C22H28F3N5O2S/c1-30-11-5-6-15(13-30)26-21-17-8-4-3-7-16(17)20(27-28-21)18-10-9-14(22(23,24)25)12-19(18)29-33(2,31)32/h9-10,12,15,29H,3-8,11,13H2,1-2H3,(H,26,28)/t15-/m1/s1. The fourth-order valence-electron chi connectivity index (χ4n) is 4.67. The largest absolute Gasteiger partial charge is 0.416 e. The average Bonchev–Trinajstić information content (AvgIpc) is 2.72. The summed E-state index contributed by atoms with van der Waals surface area (Å²) in [5.74, 6) is 0.721. The highest BCUT2D eigenvalue weighted by Crippen LogP contribution is 2.39. The Bertz CT molecular complexity index is 1140. The summed E-state index contributed by atoms with van der Waals surface area (Å²) in [4.78, 5) is 2.26. The van der Waals surface area contributed by atoms with Crippen molar-refractivity contribution in [2.24, 2.45) is 0 Å². The van der Waals surface area contributed by atoms with Crippen LogP contribution in [0.4, 0.5) is 24.7 Å². The van der Waals surface area contributed by atoms with Gasteiger partial charge in [-0.2, -0.15) is 13.2 Å². The van der Waals surface area contributed by atoms with Gasteiger partial charge < -0.3 is 10.2 Å². The van der Waals surface area contributed by atoms with E-state index >= 15 is 0 Å². The Morgan fingerprint density at radius 3 is 2.48 bits per heavy atom. The predicted octanol–water partition coefficient (Wildman–Crippen LogP) is 3.92. The number of halogens is 3. The van der Waals surface area contributed by atoms with Crippen molar-refractivity contribution in [3.8, 4) is 11.3 Å². The van der Waals surface area contributed by atoms with Gasteiger partial charge in [-0.1, -0.05) is 6.07 Å². The zero-order chi connectivity index (χ0) is 23.8. The highest BCUT2D eigenvalue weighted by Gasteiger charge is 2.32. The second kappa shape index (κ2) is 9.09. The van der Waals surface area contributed by atoms with E-state index in [1.165, 1.54) is 6.07 Å². The van der Waals surface area contributed by atoms with Crippen LogP contribution in [0, 0.1) is 0 Å². The number of alkyl halides is 3. The number of nitrogens with one attached hydrogen (secondary N) is 2. The van der Waals surface area contributed by atoms with Gasteiger partial charge in [0.1, 0.15) is 0 Å². The van der Waals surface area contributed by atoms with Gasteiger partial charge in [0.05, 0.1) is 23.2 Å². The summed E-state index contributed by atoms with van der Waals surface area (Å²) in [6.07, 6.45) is 1.84. The topological polar surface area (TPSA) is 87.2 Å². The number of hydrogen-bond acceptors (Lipinski definition) is 6. The Morgan fingerprint density at radius 2 is 1.82 bits per heavy atom. The van der Waals surface area contributed by atoms with Crippen molar-refractivity contribution >= 4 is 21.5 Å². The maximum Gasteiger partial charge on any atom is 0.416 e. The summed E-state index contributed by atoms with van der Waals surface area (Å²) < 4.78 is 65.9. The van der Waals surface area contributed by atoms with Crippen LogP contribution in [-0.4, -0.2) is 55.9 Å². The van der Waals surface area contributed by atoms with Crippen molar-refractivity contribution in [2.45, 2.75) is 50.7 Å². The third-order valence-corrected chi connectivity index (χ3v) is 6.74. The van der Waals surface area contributed by atoms with E-state index in [0.29, 0.717) is 17.7 Å². The van der Waals surface area contributed by atoms with Crippen molar-refractivity contribution < 1.29 is 21.6 Å². The van der Waals surface area contributed by atoms with E-state index in [9.17, 15) is 21.6 Å². The van der Waals surface area contributed by atoms with Crippen molar-refractivity contribution in [1.82, 2.24) is 15.1 Å². The van der Waals surface area contributed by atoms with Crippen LogP contribution in [0.2, 0.25) is 0 Å². The first-order valence-electron chi connectivity index (χ1n) is 11.0. The van der Waals surface area contributed by atoms with Gasteiger partial charge in [0.25, 0.3) is 0 Å². The van der Waals surface area contributed by atoms with Crippen LogP contribution in [-0.2, 0) is 29.0 Å². The number of aromatic nitrogens is 2. The molecule has 0 radical (unpaired) electrons. The summed E-state index contributed by atoms with van der Waals surface area (Å²) in [6, 6.07) is 3.29. The Morgan fingerprint density at radius 1 is 1.09 bits per heavy atom. The first-order chi connectivity index (χ1) is 15.5. The quantitative estimate of drug-likeness (QED) is 0.671. The highest BCUT2D eigenvalue weighted by molar-refractivity contribution is 7.92. The second-order valence-electron chi connectivity index (χ2n) is 8.94. The molecule has 1 aliphatic carbocycles. The van der Waals surface area contributed by atoms with Crippen molar-refractivity contribution in [3.05, 3.63) is 34.9 Å². The normalized spacial score (nSPS) is 19.7. The second-order valence-corrected chi connectivity index (χ2v) is 10.7. The molecule has 1 aromatic carbocycles. The molecule has 0 unspecified atom stereocenters. The minimum atomic E-state index is -4.60. The fraction of sp³-hybridized carbons (Fsp3) is 0.545. The van der Waals surface area contributed by atoms with E-state index in [0.717, 1.165) is 80.5 Å². The number of hydrogen-bond donors (Lipinski definition) is 2. The van der Waals surface area contributed by atoms with Gasteiger partial charge >= 0.3 is 6.18 Å². The number of rotatable bonds is 5. The molecular weight excluding hydrogens is 455 g/mol. The summed E-state index contributed by atoms with van der Waals surface area (Å²) in [6.45, 7) is 1.96. The molecular formula is C22H28F3N5O2S. The van der Waals surface area contributed by atoms with Crippen molar-refractivity contribution in [1.29, 1.82) is 0 Å². The molecule has 2 aromatic rings. The molecule has 0 saturated carbocycles. The van der Waals surface area contributed by atoms with Crippen LogP contribution in [0.3, 0.4) is 0 Å². The molecule has 33 heavy (non-hydrogen) atoms. The zero-order valence-electron chi connectivity index (χ0n) is 18.7. The van der Waals surface area contributed by atoms with Gasteiger partial charge in [-0.3, -0.25) is 4.72 Å². The Labute approximate surface area is 191 Å². The van der Waals surface area contributed by atoms with Gasteiger partial charge in [-0.25, -0.2) is 8.42 Å². The van der Waals surface area contributed by atoms with Crippen LogP contribution in [0.5, 0.6) is 0 Å². The molecule has 1 saturated heterocycles. The lowest BCUT2D eigenvalue weighted by Crippen LogP contribution is -2.40. The molecule has 180 valence electrons. The lowest BCUT2D eigenvalue weighted by atomic mass is 9.88. The van der Waals surface area contributed by atoms with Crippen LogP contribution < -0.4 is 10.0 Å². The van der Waals surface area contributed by atoms with Crippen molar-refractivity contribution in [3.63, 3.8) is 0 Å². The Hall–Kier alpha value is -2.40. The number of likely N-dealkylation sites (N-methyl/N-ethyl adjacent to an activating group) is 1. The number of sulfonamides is 1. The van der Waals surface area contributed by atoms with Gasteiger partial charge in [0.2, 0.25) is 10.0 Å². The lowest BCUT2D eigenvalue weighted by molar-refractivity contribution is -0.137. The minimum Gasteiger partial charge on any atom is -0.364 e. The van der Waals surface area contributed by atoms with Gasteiger partial charge in [-0.15, -0.1) is 10.2 Å². The zero-order valence-corrected chi connectivity index (χ0v) is 19.5. The summed E-state index contributed by atoms with van der Waals surface area (Å²) in [7, 11) is -1.72. The number of benzene rings is 1. The van der Waals surface area contributed by atoms with Gasteiger partial charge in [0, 0.05) is 23.7 Å². The number of anilines is 2. The number of fused-ring (bicyclic) bond motifs is 1. The predicted molar refractivity (Wildman–Crippen MR) is 122 cm³/mol. The van der Waals surface area contributed by atoms with Crippen molar-refractivity contribution in [2.75, 3.05) is 36.4 Å². The molecule has 2 heterocycles. The molecule has 1 fully saturated rings. The van der Waals surface area contributed by atoms with E-state index in [2.05, 4.69) is 32.2 Å². The molecule has 0 amide bonds. The molecule has 2 N–H and O–H groups in total. The van der Waals surface area contributed by atoms with Crippen LogP contribution in [0.1, 0.15) is 42.4 Å². The maximum absolute atomic E-state index is 13.3. The summed E-state index contributed by atoms with van der Waals surface area (Å²) in [5, 5.41) is 12.3. The van der Waals surface area contributed by atoms with Crippen LogP contribution >= 0.6 is 0 Å². The first-order valence-corrected chi connectivity index (χ1v) is 12.9. The molecule has 4 rings (SSSR count). The summed E-state index contributed by atoms with van der Waals surface area (Å²) >= 11 is 0. The Kier molecular flexibility index (Phi) is 6.54. The third-order valence-electron chi connectivity index (χ3n) is 6.15. The monoisotopic (exact) mass is 483 g/mol. The number of nitrogens with zero attached hydrogens (tertiary/aromatic N) is 3. The molecule has 1 aromatic heterocycles. The van der Waals surface area contributed by atoms with E-state index in [1.54, 1.807) is 0 Å². The van der Waals surface area contributed by atoms with E-state index in [1.807, 2.05) is 0 Å². The highest BCUT2D eigenvalue weighted by atomic mass is 32.2. The van der Waals surface area contributed by atoms with Gasteiger partial charge in [0.15, 0.2) is 5.82 Å². The average molecular weight is 484 g/mol. The van der Waals surface area contributed by atoms with Crippen LogP contribution in [0.15, 0.2) is 18.2 Å². The molecule has 1 atom stereocenters. The lowest BCUT2D eigenvalue weighted by Gasteiger charge is -2.31. The number of piperidine rings is 1. The van der Waals surface area contributed by atoms with Gasteiger partial charge in [-0.05, 0) is 69.8 Å². The SMILES string of the molecule is CN1CCC[C@@H](Nc2nnc(-c3ccc(C(F)(F)F)cc3NS(C)(=O)=O)c3c2CCCC3)C1. The molecule has 1 aliphatic heterocycles.